The Kier molecular flexibility index (Phi) is 4.75. The van der Waals surface area contributed by atoms with Gasteiger partial charge >= 0.3 is 12.0 Å². The van der Waals surface area contributed by atoms with Gasteiger partial charge < -0.3 is 4.52 Å². The molecule has 7 nitrogen and oxygen atoms in total. The average Bonchev–Trinajstić information content (AvgIpc) is 2.95. The Hall–Kier alpha value is -0.860. The molecule has 2 heterocycles. The first-order valence-electron chi connectivity index (χ1n) is 5.62. The summed E-state index contributed by atoms with van der Waals surface area (Å²) in [7, 11) is -3.92. The summed E-state index contributed by atoms with van der Waals surface area (Å²) in [6, 6.07) is 3.00. The molecule has 0 saturated heterocycles. The van der Waals surface area contributed by atoms with E-state index >= 15 is 0 Å². The number of nitrogens with zero attached hydrogens (tertiary/aromatic N) is 2. The highest BCUT2D eigenvalue weighted by atomic mass is 35.9. The second kappa shape index (κ2) is 5.98. The lowest BCUT2D eigenvalue weighted by Gasteiger charge is -2.06. The summed E-state index contributed by atoms with van der Waals surface area (Å²) in [5.74, 6) is -1.10. The van der Waals surface area contributed by atoms with Crippen LogP contribution in [-0.4, -0.2) is 23.6 Å². The number of aromatic nitrogens is 2. The summed E-state index contributed by atoms with van der Waals surface area (Å²) < 4.78 is 41.2. The lowest BCUT2D eigenvalue weighted by molar-refractivity contribution is 0.0749. The van der Waals surface area contributed by atoms with E-state index < -0.39 is 22.1 Å². The fourth-order valence-corrected chi connectivity index (χ4v) is 4.86. The molecule has 0 spiro atoms. The number of halogens is 2. The maximum atomic E-state index is 12.4. The van der Waals surface area contributed by atoms with E-state index in [0.717, 1.165) is 15.4 Å². The van der Waals surface area contributed by atoms with E-state index in [2.05, 4.69) is 9.62 Å². The van der Waals surface area contributed by atoms with Crippen LogP contribution in [0.1, 0.15) is 21.7 Å². The van der Waals surface area contributed by atoms with Crippen molar-refractivity contribution in [3.63, 3.8) is 0 Å². The molecule has 0 fully saturated rings. The van der Waals surface area contributed by atoms with Crippen molar-refractivity contribution in [3.05, 3.63) is 34.5 Å². The summed E-state index contributed by atoms with van der Waals surface area (Å²) in [6.45, 7) is 2.78. The van der Waals surface area contributed by atoms with Gasteiger partial charge in [0, 0.05) is 22.5 Å². The molecule has 0 atom stereocenters. The maximum Gasteiger partial charge on any atom is 0.430 e. The van der Waals surface area contributed by atoms with E-state index in [1.165, 1.54) is 19.9 Å². The van der Waals surface area contributed by atoms with Crippen molar-refractivity contribution in [2.75, 3.05) is 0 Å². The van der Waals surface area contributed by atoms with Gasteiger partial charge in [0.15, 0.2) is 0 Å². The minimum absolute atomic E-state index is 0.0117. The Bertz CT molecular complexity index is 870. The Balaban J connectivity index is 2.53. The molecule has 0 radical (unpaired) electrons. The molecule has 0 amide bonds. The van der Waals surface area contributed by atoms with Crippen molar-refractivity contribution in [3.8, 4) is 0 Å². The van der Waals surface area contributed by atoms with Gasteiger partial charge in [0.05, 0.1) is 11.4 Å². The van der Waals surface area contributed by atoms with E-state index in [4.69, 9.17) is 22.5 Å². The summed E-state index contributed by atoms with van der Waals surface area (Å²) in [5, 5.41) is 5.45. The highest BCUT2D eigenvalue weighted by Crippen LogP contribution is 2.58. The van der Waals surface area contributed by atoms with Crippen LogP contribution in [0.15, 0.2) is 21.7 Å². The second-order valence-electron chi connectivity index (χ2n) is 4.12. The van der Waals surface area contributed by atoms with Gasteiger partial charge in [-0.15, -0.1) is 11.3 Å². The summed E-state index contributed by atoms with van der Waals surface area (Å²) in [5.41, 5.74) is -0.0521. The van der Waals surface area contributed by atoms with Gasteiger partial charge in [0.25, 0.3) is 10.0 Å². The lowest BCUT2D eigenvalue weighted by atomic mass is 10.2. The van der Waals surface area contributed by atoms with E-state index in [9.17, 15) is 17.8 Å². The van der Waals surface area contributed by atoms with Gasteiger partial charge in [-0.1, -0.05) is 6.07 Å². The average molecular weight is 403 g/mol. The van der Waals surface area contributed by atoms with E-state index in [-0.39, 0.29) is 21.2 Å². The molecule has 2 rings (SSSR count). The molecule has 2 aromatic rings. The first-order valence-corrected chi connectivity index (χ1v) is 11.4. The zero-order chi connectivity index (χ0) is 16.7. The predicted molar refractivity (Wildman–Crippen MR) is 83.3 cm³/mol. The lowest BCUT2D eigenvalue weighted by Crippen LogP contribution is -2.15. The molecule has 0 unspecified atom stereocenters. The Morgan fingerprint density at radius 1 is 1.41 bits per heavy atom. The molecule has 120 valence electrons. The third kappa shape index (κ3) is 3.38. The highest BCUT2D eigenvalue weighted by Gasteiger charge is 2.30. The van der Waals surface area contributed by atoms with Crippen molar-refractivity contribution < 1.29 is 22.3 Å². The summed E-state index contributed by atoms with van der Waals surface area (Å²) in [6.07, 6.45) is -4.10. The largest absolute Gasteiger partial charge is 0.430 e. The van der Waals surface area contributed by atoms with Crippen molar-refractivity contribution in [1.29, 1.82) is 0 Å². The third-order valence-corrected chi connectivity index (χ3v) is 6.45. The van der Waals surface area contributed by atoms with E-state index in [0.29, 0.717) is 0 Å². The fourth-order valence-electron chi connectivity index (χ4n) is 1.79. The van der Waals surface area contributed by atoms with Crippen molar-refractivity contribution in [2.24, 2.45) is 0 Å². The molecule has 0 aliphatic heterocycles. The van der Waals surface area contributed by atoms with Crippen molar-refractivity contribution >= 4 is 55.9 Å². The minimum atomic E-state index is -4.10. The number of thiophene rings is 1. The molecule has 0 aromatic carbocycles. The van der Waals surface area contributed by atoms with Crippen LogP contribution in [-0.2, 0) is 19.1 Å². The molecule has 0 aliphatic carbocycles. The zero-order valence-electron chi connectivity index (χ0n) is 11.2. The van der Waals surface area contributed by atoms with Crippen LogP contribution in [0.25, 0.3) is 0 Å². The first kappa shape index (κ1) is 17.5. The molecule has 0 saturated carbocycles. The molecule has 12 heteroatoms. The highest BCUT2D eigenvalue weighted by molar-refractivity contribution is 8.05. The maximum absolute atomic E-state index is 12.4. The Morgan fingerprint density at radius 2 is 2.05 bits per heavy atom. The van der Waals surface area contributed by atoms with Gasteiger partial charge in [0.2, 0.25) is 0 Å². The van der Waals surface area contributed by atoms with Gasteiger partial charge in [-0.25, -0.2) is 9.36 Å². The number of carbonyl (C=O) groups excluding carboxylic acids is 1. The molecular weight excluding hydrogens is 394 g/mol. The zero-order valence-corrected chi connectivity index (χ0v) is 15.2. The summed E-state index contributed by atoms with van der Waals surface area (Å²) >= 11 is 11.4. The number of hydrogen-bond acceptors (Lipinski definition) is 7. The fraction of sp³-hybridized carbons (Fsp3) is 0.200. The van der Waals surface area contributed by atoms with E-state index in [1.54, 1.807) is 11.4 Å². The molecule has 0 N–H and O–H groups in total. The van der Waals surface area contributed by atoms with Crippen LogP contribution in [0.2, 0.25) is 0 Å². The van der Waals surface area contributed by atoms with Crippen LogP contribution in [0.3, 0.4) is 0 Å². The summed E-state index contributed by atoms with van der Waals surface area (Å²) in [4.78, 5) is 11.9. The molecule has 22 heavy (non-hydrogen) atoms. The van der Waals surface area contributed by atoms with Gasteiger partial charge in [0.1, 0.15) is 9.77 Å². The van der Waals surface area contributed by atoms with Crippen molar-refractivity contribution in [2.45, 2.75) is 18.1 Å². The Morgan fingerprint density at radius 3 is 2.55 bits per heavy atom. The molecular formula is C10H9Cl2N2O5PS2. The first-order chi connectivity index (χ1) is 10.0. The van der Waals surface area contributed by atoms with Crippen LogP contribution in [0, 0.1) is 13.8 Å². The molecule has 0 aliphatic rings. The van der Waals surface area contributed by atoms with Crippen LogP contribution in [0.4, 0.5) is 0 Å². The Labute approximate surface area is 139 Å². The normalized spacial score (nSPS) is 12.4. The number of rotatable bonds is 4. The molecule has 0 bridgehead atoms. The number of hydrogen-bond donors (Lipinski definition) is 0. The predicted octanol–water partition coefficient (Wildman–Crippen LogP) is 3.54. The number of carbonyl (C=O) groups is 1. The SMILES string of the molecule is Cc1nn(S(=O)(=O)c2cccs2)c(C)c1C(=O)OP(=O)(Cl)Cl. The van der Waals surface area contributed by atoms with E-state index in [1.807, 2.05) is 0 Å². The van der Waals surface area contributed by atoms with Gasteiger partial charge in [-0.05, 0) is 25.3 Å². The van der Waals surface area contributed by atoms with Gasteiger partial charge in [-0.2, -0.15) is 17.6 Å². The third-order valence-electron chi connectivity index (χ3n) is 2.62. The van der Waals surface area contributed by atoms with Crippen LogP contribution in [0.5, 0.6) is 0 Å². The van der Waals surface area contributed by atoms with Crippen LogP contribution >= 0.6 is 39.9 Å². The minimum Gasteiger partial charge on any atom is -0.386 e. The quantitative estimate of drug-likeness (QED) is 0.725. The van der Waals surface area contributed by atoms with Gasteiger partial charge in [-0.3, -0.25) is 0 Å². The number of aryl methyl sites for hydroxylation is 1. The smallest absolute Gasteiger partial charge is 0.386 e. The van der Waals surface area contributed by atoms with Crippen LogP contribution < -0.4 is 0 Å². The molecule has 2 aromatic heterocycles. The topological polar surface area (TPSA) is 95.3 Å². The monoisotopic (exact) mass is 402 g/mol. The van der Waals surface area contributed by atoms with Crippen molar-refractivity contribution in [1.82, 2.24) is 9.19 Å². The standard InChI is InChI=1S/C10H9Cl2N2O5PS2/c1-6-9(10(15)19-20(11,12)16)7(2)14(13-6)22(17,18)8-4-3-5-21-8/h3-5H,1-2H3. The second-order valence-corrected chi connectivity index (χ2v) is 11.3.